The van der Waals surface area contributed by atoms with Gasteiger partial charge in [0.05, 0.1) is 6.10 Å². The molecule has 0 aromatic heterocycles. The molecule has 8 heteroatoms. The van der Waals surface area contributed by atoms with Crippen molar-refractivity contribution in [3.63, 3.8) is 0 Å². The third kappa shape index (κ3) is 3.81. The molecule has 0 amide bonds. The van der Waals surface area contributed by atoms with Gasteiger partial charge in [0.15, 0.2) is 0 Å². The van der Waals surface area contributed by atoms with Crippen LogP contribution in [0.15, 0.2) is 0 Å². The zero-order valence-electron chi connectivity index (χ0n) is 11.1. The summed E-state index contributed by atoms with van der Waals surface area (Å²) in [6.45, 7) is 0. The van der Waals surface area contributed by atoms with E-state index in [-0.39, 0.29) is 12.8 Å². The lowest BCUT2D eigenvalue weighted by Gasteiger charge is -2.38. The second-order valence-corrected chi connectivity index (χ2v) is 5.77. The molecule has 2 saturated carbocycles. The van der Waals surface area contributed by atoms with E-state index < -0.39 is 68.3 Å². The number of rotatable bonds is 3. The van der Waals surface area contributed by atoms with E-state index in [9.17, 15) is 30.7 Å². The summed E-state index contributed by atoms with van der Waals surface area (Å²) in [5, 5.41) is 0. The van der Waals surface area contributed by atoms with E-state index in [1.165, 1.54) is 0 Å². The van der Waals surface area contributed by atoms with E-state index in [4.69, 9.17) is 0 Å². The van der Waals surface area contributed by atoms with Crippen LogP contribution in [0.2, 0.25) is 0 Å². The van der Waals surface area contributed by atoms with Gasteiger partial charge in [-0.1, -0.05) is 0 Å². The Labute approximate surface area is 117 Å². The molecule has 5 unspecified atom stereocenters. The van der Waals surface area contributed by atoms with Crippen LogP contribution >= 0.6 is 0 Å². The maximum absolute atomic E-state index is 13.9. The molecule has 0 aromatic carbocycles. The topological polar surface area (TPSA) is 9.23 Å². The minimum atomic E-state index is -4.17. The average Bonchev–Trinajstić information content (AvgIpc) is 2.31. The van der Waals surface area contributed by atoms with Crippen LogP contribution in [0.4, 0.5) is 30.7 Å². The molecule has 0 aliphatic heterocycles. The van der Waals surface area contributed by atoms with Gasteiger partial charge in [-0.2, -0.15) is 8.78 Å². The van der Waals surface area contributed by atoms with Crippen LogP contribution in [-0.4, -0.2) is 43.1 Å². The van der Waals surface area contributed by atoms with Gasteiger partial charge < -0.3 is 4.74 Å². The number of ether oxygens (including phenoxy) is 1. The molecule has 1 nitrogen and oxygen atoms in total. The normalized spacial score (nSPS) is 45.6. The first-order valence-corrected chi connectivity index (χ1v) is 6.96. The summed E-state index contributed by atoms with van der Waals surface area (Å²) >= 11 is 0. The summed E-state index contributed by atoms with van der Waals surface area (Å²) in [5.41, 5.74) is 0. The molecular formula is C13H17F7O. The van der Waals surface area contributed by atoms with Crippen molar-refractivity contribution in [2.45, 2.75) is 75.2 Å². The molecule has 124 valence electrons. The Balaban J connectivity index is 2.00. The summed E-state index contributed by atoms with van der Waals surface area (Å²) in [6, 6.07) is 0. The molecule has 21 heavy (non-hydrogen) atoms. The predicted octanol–water partition coefficient (Wildman–Crippen LogP) is 4.25. The molecule has 0 bridgehead atoms. The van der Waals surface area contributed by atoms with Crippen LogP contribution in [0, 0.1) is 5.92 Å². The highest BCUT2D eigenvalue weighted by Gasteiger charge is 2.55. The minimum absolute atomic E-state index is 0.149. The van der Waals surface area contributed by atoms with Crippen molar-refractivity contribution in [1.29, 1.82) is 0 Å². The molecule has 0 N–H and O–H groups in total. The lowest BCUT2D eigenvalue weighted by molar-refractivity contribution is -0.321. The Morgan fingerprint density at radius 3 is 1.81 bits per heavy atom. The third-order valence-corrected chi connectivity index (χ3v) is 4.10. The first-order chi connectivity index (χ1) is 9.70. The smallest absolute Gasteiger partial charge is 0.317 e. The second-order valence-electron chi connectivity index (χ2n) is 5.77. The molecule has 5 atom stereocenters. The molecule has 0 heterocycles. The van der Waals surface area contributed by atoms with Gasteiger partial charge in [-0.15, -0.1) is 0 Å². The lowest BCUT2D eigenvalue weighted by atomic mass is 9.83. The Hall–Kier alpha value is -0.530. The van der Waals surface area contributed by atoms with Gasteiger partial charge in [-0.25, -0.2) is 22.0 Å². The van der Waals surface area contributed by atoms with E-state index in [2.05, 4.69) is 4.74 Å². The highest BCUT2D eigenvalue weighted by Crippen LogP contribution is 2.43. The fraction of sp³-hybridized carbons (Fsp3) is 1.00. The number of hydrogen-bond donors (Lipinski definition) is 0. The molecule has 2 aliphatic carbocycles. The largest absolute Gasteiger partial charge is 0.364 e. The third-order valence-electron chi connectivity index (χ3n) is 4.10. The monoisotopic (exact) mass is 322 g/mol. The first kappa shape index (κ1) is 16.8. The maximum Gasteiger partial charge on any atom is 0.364 e. The zero-order chi connectivity index (χ0) is 15.8. The van der Waals surface area contributed by atoms with E-state index in [0.29, 0.717) is 0 Å². The molecule has 2 aliphatic rings. The maximum atomic E-state index is 13.9. The van der Waals surface area contributed by atoms with Crippen molar-refractivity contribution in [3.8, 4) is 0 Å². The van der Waals surface area contributed by atoms with Gasteiger partial charge in [0.1, 0.15) is 36.8 Å². The molecule has 2 rings (SSSR count). The first-order valence-electron chi connectivity index (χ1n) is 6.96. The van der Waals surface area contributed by atoms with Crippen LogP contribution in [0.1, 0.15) is 32.1 Å². The van der Waals surface area contributed by atoms with Crippen molar-refractivity contribution in [2.75, 3.05) is 0 Å². The summed E-state index contributed by atoms with van der Waals surface area (Å²) in [6.07, 6.45) is -18.3. The van der Waals surface area contributed by atoms with Crippen molar-refractivity contribution < 1.29 is 35.5 Å². The van der Waals surface area contributed by atoms with Crippen molar-refractivity contribution >= 4 is 0 Å². The van der Waals surface area contributed by atoms with Gasteiger partial charge in [0.25, 0.3) is 0 Å². The van der Waals surface area contributed by atoms with Crippen LogP contribution in [0.5, 0.6) is 0 Å². The van der Waals surface area contributed by atoms with Crippen molar-refractivity contribution in [3.05, 3.63) is 0 Å². The SMILES string of the molecule is FC1CC(F)C(C(F)(F)OC2CCC(F)C(F)C2)C(F)C1. The van der Waals surface area contributed by atoms with Crippen LogP contribution in [0.25, 0.3) is 0 Å². The van der Waals surface area contributed by atoms with E-state index >= 15 is 0 Å². The van der Waals surface area contributed by atoms with Crippen LogP contribution < -0.4 is 0 Å². The molecule has 0 saturated heterocycles. The summed E-state index contributed by atoms with van der Waals surface area (Å²) in [4.78, 5) is 0. The number of halogens is 7. The van der Waals surface area contributed by atoms with Gasteiger partial charge in [-0.05, 0) is 12.8 Å². The van der Waals surface area contributed by atoms with Crippen LogP contribution in [-0.2, 0) is 4.74 Å². The van der Waals surface area contributed by atoms with Crippen LogP contribution in [0.3, 0.4) is 0 Å². The van der Waals surface area contributed by atoms with Crippen molar-refractivity contribution in [2.24, 2.45) is 5.92 Å². The van der Waals surface area contributed by atoms with E-state index in [0.717, 1.165) is 0 Å². The quantitative estimate of drug-likeness (QED) is 0.706. The second kappa shape index (κ2) is 6.30. The van der Waals surface area contributed by atoms with Gasteiger partial charge in [-0.3, -0.25) is 0 Å². The lowest BCUT2D eigenvalue weighted by Crippen LogP contribution is -2.50. The zero-order valence-corrected chi connectivity index (χ0v) is 11.1. The minimum Gasteiger partial charge on any atom is -0.317 e. The van der Waals surface area contributed by atoms with E-state index in [1.807, 2.05) is 0 Å². The summed E-state index contributed by atoms with van der Waals surface area (Å²) in [7, 11) is 0. The Morgan fingerprint density at radius 2 is 1.29 bits per heavy atom. The Morgan fingerprint density at radius 1 is 0.714 bits per heavy atom. The van der Waals surface area contributed by atoms with Crippen molar-refractivity contribution in [1.82, 2.24) is 0 Å². The van der Waals surface area contributed by atoms with Gasteiger partial charge >= 0.3 is 6.11 Å². The standard InChI is InChI=1S/C13H17F7O/c14-6-3-10(17)12(11(18)4-6)13(19,20)21-7-1-2-8(15)9(16)5-7/h6-12H,1-5H2. The summed E-state index contributed by atoms with van der Waals surface area (Å²) < 4.78 is 98.3. The Kier molecular flexibility index (Phi) is 5.05. The molecule has 0 spiro atoms. The molecule has 2 fully saturated rings. The fourth-order valence-corrected chi connectivity index (χ4v) is 2.98. The average molecular weight is 322 g/mol. The highest BCUT2D eigenvalue weighted by atomic mass is 19.3. The summed E-state index contributed by atoms with van der Waals surface area (Å²) in [5.74, 6) is -2.41. The predicted molar refractivity (Wildman–Crippen MR) is 60.9 cm³/mol. The van der Waals surface area contributed by atoms with Gasteiger partial charge in [0.2, 0.25) is 0 Å². The molecular weight excluding hydrogens is 305 g/mol. The number of hydrogen-bond acceptors (Lipinski definition) is 1. The van der Waals surface area contributed by atoms with E-state index in [1.54, 1.807) is 0 Å². The number of alkyl halides is 7. The van der Waals surface area contributed by atoms with Gasteiger partial charge in [0, 0.05) is 19.3 Å². The Bertz CT molecular complexity index is 341. The fourth-order valence-electron chi connectivity index (χ4n) is 2.98. The highest BCUT2D eigenvalue weighted by molar-refractivity contribution is 4.92. The molecule has 0 aromatic rings. The molecule has 0 radical (unpaired) electrons.